The molecule has 0 bridgehead atoms. The first-order valence-electron chi connectivity index (χ1n) is 7.89. The van der Waals surface area contributed by atoms with Gasteiger partial charge in [0.25, 0.3) is 5.91 Å². The molecule has 0 fully saturated rings. The fourth-order valence-corrected chi connectivity index (χ4v) is 3.00. The van der Waals surface area contributed by atoms with Crippen LogP contribution in [-0.2, 0) is 20.9 Å². The number of esters is 1. The summed E-state index contributed by atoms with van der Waals surface area (Å²) in [5.74, 6) is -0.988. The molecule has 0 aliphatic carbocycles. The van der Waals surface area contributed by atoms with Crippen LogP contribution in [0.1, 0.15) is 5.69 Å². The van der Waals surface area contributed by atoms with E-state index in [0.717, 1.165) is 16.6 Å². The Hall–Kier alpha value is -2.50. The number of ether oxygens (including phenoxy) is 1. The number of rotatable bonds is 5. The molecule has 134 valence electrons. The molecule has 1 aromatic heterocycles. The van der Waals surface area contributed by atoms with Crippen molar-refractivity contribution in [2.45, 2.75) is 13.5 Å². The molecule has 0 aliphatic rings. The number of fused-ring (bicyclic) bond motifs is 1. The molecule has 0 unspecified atom stereocenters. The normalized spacial score (nSPS) is 10.7. The lowest BCUT2D eigenvalue weighted by atomic mass is 10.2. The molecule has 0 atom stereocenters. The van der Waals surface area contributed by atoms with Crippen molar-refractivity contribution in [2.24, 2.45) is 0 Å². The average molecular weight is 391 g/mol. The Bertz CT molecular complexity index is 982. The van der Waals surface area contributed by atoms with Crippen LogP contribution in [-0.4, -0.2) is 23.1 Å². The molecule has 1 amide bonds. The first kappa shape index (κ1) is 18.3. The maximum Gasteiger partial charge on any atom is 0.326 e. The van der Waals surface area contributed by atoms with Crippen molar-refractivity contribution in [3.05, 3.63) is 64.3 Å². The van der Waals surface area contributed by atoms with Gasteiger partial charge in [-0.05, 0) is 42.6 Å². The molecule has 3 rings (SSSR count). The lowest BCUT2D eigenvalue weighted by Gasteiger charge is -2.10. The van der Waals surface area contributed by atoms with E-state index in [1.54, 1.807) is 12.1 Å². The van der Waals surface area contributed by atoms with Crippen LogP contribution >= 0.6 is 23.2 Å². The van der Waals surface area contributed by atoms with Crippen LogP contribution in [0.2, 0.25) is 10.0 Å². The SMILES string of the molecule is Cc1cc2ccccc2n1CC(=O)OCC(=O)Nc1cc(Cl)ccc1Cl. The van der Waals surface area contributed by atoms with Crippen molar-refractivity contribution in [3.8, 4) is 0 Å². The van der Waals surface area contributed by atoms with Crippen molar-refractivity contribution in [1.29, 1.82) is 0 Å². The number of nitrogens with zero attached hydrogens (tertiary/aromatic N) is 1. The van der Waals surface area contributed by atoms with Gasteiger partial charge in [-0.15, -0.1) is 0 Å². The standard InChI is InChI=1S/C19H16Cl2N2O3/c1-12-8-13-4-2-3-5-17(13)23(12)10-19(25)26-11-18(24)22-16-9-14(20)6-7-15(16)21/h2-9H,10-11H2,1H3,(H,22,24). The number of carbonyl (C=O) groups is 2. The van der Waals surface area contributed by atoms with E-state index < -0.39 is 18.5 Å². The second-order valence-electron chi connectivity index (χ2n) is 5.76. The van der Waals surface area contributed by atoms with Crippen LogP contribution in [0.25, 0.3) is 10.9 Å². The van der Waals surface area contributed by atoms with Gasteiger partial charge in [-0.25, -0.2) is 0 Å². The monoisotopic (exact) mass is 390 g/mol. The molecular formula is C19H16Cl2N2O3. The first-order chi connectivity index (χ1) is 12.4. The number of aryl methyl sites for hydroxylation is 1. The fraction of sp³-hybridized carbons (Fsp3) is 0.158. The molecule has 0 aliphatic heterocycles. The minimum atomic E-state index is -0.498. The van der Waals surface area contributed by atoms with Crippen LogP contribution in [0.5, 0.6) is 0 Å². The summed E-state index contributed by atoms with van der Waals surface area (Å²) in [7, 11) is 0. The maximum atomic E-state index is 12.1. The number of para-hydroxylation sites is 1. The summed E-state index contributed by atoms with van der Waals surface area (Å²) in [6.07, 6.45) is 0. The average Bonchev–Trinajstić information content (AvgIpc) is 2.92. The summed E-state index contributed by atoms with van der Waals surface area (Å²) in [4.78, 5) is 24.1. The topological polar surface area (TPSA) is 60.3 Å². The number of nitrogens with one attached hydrogen (secondary N) is 1. The molecule has 1 heterocycles. The summed E-state index contributed by atoms with van der Waals surface area (Å²) in [6, 6.07) is 14.5. The zero-order valence-corrected chi connectivity index (χ0v) is 15.5. The highest BCUT2D eigenvalue weighted by atomic mass is 35.5. The van der Waals surface area contributed by atoms with Gasteiger partial charge in [-0.2, -0.15) is 0 Å². The van der Waals surface area contributed by atoms with E-state index in [0.29, 0.717) is 15.7 Å². The van der Waals surface area contributed by atoms with Crippen molar-refractivity contribution < 1.29 is 14.3 Å². The Morgan fingerprint density at radius 1 is 1.12 bits per heavy atom. The Morgan fingerprint density at radius 2 is 1.88 bits per heavy atom. The largest absolute Gasteiger partial charge is 0.454 e. The van der Waals surface area contributed by atoms with Crippen LogP contribution in [0.15, 0.2) is 48.5 Å². The van der Waals surface area contributed by atoms with E-state index in [4.69, 9.17) is 27.9 Å². The third-order valence-corrected chi connectivity index (χ3v) is 4.44. The highest BCUT2D eigenvalue weighted by Gasteiger charge is 2.13. The zero-order chi connectivity index (χ0) is 18.7. The van der Waals surface area contributed by atoms with Crippen molar-refractivity contribution >= 4 is 51.7 Å². The summed E-state index contributed by atoms with van der Waals surface area (Å²) < 4.78 is 6.93. The minimum Gasteiger partial charge on any atom is -0.454 e. The van der Waals surface area contributed by atoms with Crippen LogP contribution in [0.4, 0.5) is 5.69 Å². The Kier molecular flexibility index (Phi) is 5.49. The van der Waals surface area contributed by atoms with E-state index >= 15 is 0 Å². The van der Waals surface area contributed by atoms with E-state index in [9.17, 15) is 9.59 Å². The van der Waals surface area contributed by atoms with Crippen molar-refractivity contribution in [1.82, 2.24) is 4.57 Å². The zero-order valence-electron chi connectivity index (χ0n) is 14.0. The van der Waals surface area contributed by atoms with E-state index in [2.05, 4.69) is 5.32 Å². The fourth-order valence-electron chi connectivity index (χ4n) is 2.66. The lowest BCUT2D eigenvalue weighted by Crippen LogP contribution is -2.23. The summed E-state index contributed by atoms with van der Waals surface area (Å²) in [5.41, 5.74) is 2.25. The van der Waals surface area contributed by atoms with E-state index in [1.807, 2.05) is 41.8 Å². The molecule has 5 nitrogen and oxygen atoms in total. The highest BCUT2D eigenvalue weighted by molar-refractivity contribution is 6.35. The smallest absolute Gasteiger partial charge is 0.326 e. The number of halogens is 2. The predicted octanol–water partition coefficient (Wildman–Crippen LogP) is 4.44. The maximum absolute atomic E-state index is 12.1. The van der Waals surface area contributed by atoms with Crippen LogP contribution < -0.4 is 5.32 Å². The van der Waals surface area contributed by atoms with Crippen LogP contribution in [0, 0.1) is 6.92 Å². The second-order valence-corrected chi connectivity index (χ2v) is 6.61. The Balaban J connectivity index is 1.59. The number of anilines is 1. The van der Waals surface area contributed by atoms with Crippen LogP contribution in [0.3, 0.4) is 0 Å². The van der Waals surface area contributed by atoms with Gasteiger partial charge in [0, 0.05) is 16.2 Å². The Labute approximate surface area is 160 Å². The minimum absolute atomic E-state index is 0.0323. The number of benzene rings is 2. The van der Waals surface area contributed by atoms with Gasteiger partial charge in [-0.3, -0.25) is 9.59 Å². The highest BCUT2D eigenvalue weighted by Crippen LogP contribution is 2.25. The molecule has 0 saturated heterocycles. The second kappa shape index (κ2) is 7.81. The van der Waals surface area contributed by atoms with Gasteiger partial charge in [-0.1, -0.05) is 41.4 Å². The number of hydrogen-bond donors (Lipinski definition) is 1. The van der Waals surface area contributed by atoms with E-state index in [-0.39, 0.29) is 6.54 Å². The number of amides is 1. The quantitative estimate of drug-likeness (QED) is 0.655. The molecular weight excluding hydrogens is 375 g/mol. The summed E-state index contributed by atoms with van der Waals surface area (Å²) in [6.45, 7) is 1.55. The summed E-state index contributed by atoms with van der Waals surface area (Å²) in [5, 5.41) is 4.41. The molecule has 7 heteroatoms. The van der Waals surface area contributed by atoms with Gasteiger partial charge < -0.3 is 14.6 Å². The Morgan fingerprint density at radius 3 is 2.69 bits per heavy atom. The van der Waals surface area contributed by atoms with E-state index in [1.165, 1.54) is 6.07 Å². The first-order valence-corrected chi connectivity index (χ1v) is 8.65. The number of carbonyl (C=O) groups excluding carboxylic acids is 2. The van der Waals surface area contributed by atoms with Gasteiger partial charge >= 0.3 is 5.97 Å². The van der Waals surface area contributed by atoms with Gasteiger partial charge in [0.2, 0.25) is 0 Å². The molecule has 26 heavy (non-hydrogen) atoms. The molecule has 0 radical (unpaired) electrons. The molecule has 1 N–H and O–H groups in total. The van der Waals surface area contributed by atoms with Gasteiger partial charge in [0.05, 0.1) is 10.7 Å². The van der Waals surface area contributed by atoms with Gasteiger partial charge in [0.15, 0.2) is 6.61 Å². The third kappa shape index (κ3) is 4.18. The number of hydrogen-bond acceptors (Lipinski definition) is 3. The molecule has 3 aromatic rings. The van der Waals surface area contributed by atoms with Gasteiger partial charge in [0.1, 0.15) is 6.54 Å². The van der Waals surface area contributed by atoms with Crippen molar-refractivity contribution in [2.75, 3.05) is 11.9 Å². The third-order valence-electron chi connectivity index (χ3n) is 3.87. The molecule has 2 aromatic carbocycles. The molecule has 0 spiro atoms. The molecule has 0 saturated carbocycles. The lowest BCUT2D eigenvalue weighted by molar-refractivity contribution is -0.147. The van der Waals surface area contributed by atoms with Crippen molar-refractivity contribution in [3.63, 3.8) is 0 Å². The summed E-state index contributed by atoms with van der Waals surface area (Å²) >= 11 is 11.9. The number of aromatic nitrogens is 1. The predicted molar refractivity (Wildman–Crippen MR) is 103 cm³/mol.